The van der Waals surface area contributed by atoms with Gasteiger partial charge in [-0.25, -0.2) is 0 Å². The number of nitrogens with one attached hydrogen (secondary N) is 1. The highest BCUT2D eigenvalue weighted by Gasteiger charge is 2.15. The van der Waals surface area contributed by atoms with E-state index in [0.29, 0.717) is 13.0 Å². The number of para-hydroxylation sites is 1. The third-order valence-corrected chi connectivity index (χ3v) is 3.93. The molecule has 1 aliphatic heterocycles. The van der Waals surface area contributed by atoms with Crippen molar-refractivity contribution in [1.29, 1.82) is 0 Å². The molecule has 20 heavy (non-hydrogen) atoms. The fourth-order valence-corrected chi connectivity index (χ4v) is 2.98. The third-order valence-electron chi connectivity index (χ3n) is 3.93. The van der Waals surface area contributed by atoms with Crippen LogP contribution in [0.25, 0.3) is 10.9 Å². The first kappa shape index (κ1) is 13.3. The maximum absolute atomic E-state index is 12.5. The molecule has 0 radical (unpaired) electrons. The van der Waals surface area contributed by atoms with Gasteiger partial charge in [0.05, 0.1) is 5.52 Å². The van der Waals surface area contributed by atoms with E-state index >= 15 is 0 Å². The Morgan fingerprint density at radius 2 is 2.25 bits per heavy atom. The van der Waals surface area contributed by atoms with Crippen molar-refractivity contribution in [3.05, 3.63) is 45.7 Å². The first-order valence-corrected chi connectivity index (χ1v) is 7.27. The molecular formula is C16H20N2O2. The van der Waals surface area contributed by atoms with E-state index in [0.717, 1.165) is 42.4 Å². The van der Waals surface area contributed by atoms with Gasteiger partial charge < -0.3 is 15.0 Å². The van der Waals surface area contributed by atoms with Gasteiger partial charge >= 0.3 is 0 Å². The molecule has 2 heterocycles. The minimum absolute atomic E-state index is 0.126. The van der Waals surface area contributed by atoms with Crippen molar-refractivity contribution in [3.63, 3.8) is 0 Å². The van der Waals surface area contributed by atoms with E-state index in [-0.39, 0.29) is 12.2 Å². The summed E-state index contributed by atoms with van der Waals surface area (Å²) in [5.74, 6) is 0. The molecule has 4 nitrogen and oxygen atoms in total. The summed E-state index contributed by atoms with van der Waals surface area (Å²) < 4.78 is 1.93. The highest BCUT2D eigenvalue weighted by Crippen LogP contribution is 2.23. The minimum atomic E-state index is 0.126. The number of aromatic nitrogens is 1. The lowest BCUT2D eigenvalue weighted by Crippen LogP contribution is -2.30. The van der Waals surface area contributed by atoms with E-state index in [1.165, 1.54) is 5.56 Å². The number of aliphatic hydroxyl groups excluding tert-OH is 1. The first-order valence-electron chi connectivity index (χ1n) is 7.27. The molecule has 0 spiro atoms. The Morgan fingerprint density at radius 3 is 3.10 bits per heavy atom. The lowest BCUT2D eigenvalue weighted by Gasteiger charge is -2.20. The Bertz CT molecular complexity index is 676. The van der Waals surface area contributed by atoms with Crippen LogP contribution in [0.4, 0.5) is 0 Å². The fraction of sp³-hybridized carbons (Fsp3) is 0.438. The molecule has 0 aliphatic carbocycles. The number of aliphatic hydroxyl groups is 1. The molecule has 0 fully saturated rings. The van der Waals surface area contributed by atoms with Crippen molar-refractivity contribution in [1.82, 2.24) is 9.88 Å². The van der Waals surface area contributed by atoms with Crippen LogP contribution in [0.5, 0.6) is 0 Å². The van der Waals surface area contributed by atoms with Crippen molar-refractivity contribution >= 4 is 10.9 Å². The molecule has 0 unspecified atom stereocenters. The summed E-state index contributed by atoms with van der Waals surface area (Å²) in [5.41, 5.74) is 3.34. The average Bonchev–Trinajstić information content (AvgIpc) is 2.48. The van der Waals surface area contributed by atoms with Crippen LogP contribution in [0.2, 0.25) is 0 Å². The molecule has 1 aromatic heterocycles. The smallest absolute Gasteiger partial charge is 0.255 e. The second kappa shape index (κ2) is 5.77. The molecule has 1 aromatic carbocycles. The standard InChI is InChI=1S/C16H20N2O2/c19-9-3-7-17-11-14-10-13-5-1-4-12-6-2-8-18(15(12)13)16(14)20/h1,4-5,10,17,19H,2-3,6-9,11H2. The zero-order valence-electron chi connectivity index (χ0n) is 11.6. The van der Waals surface area contributed by atoms with Gasteiger partial charge in [-0.2, -0.15) is 0 Å². The largest absolute Gasteiger partial charge is 0.396 e. The summed E-state index contributed by atoms with van der Waals surface area (Å²) in [6, 6.07) is 8.28. The van der Waals surface area contributed by atoms with Gasteiger partial charge in [0.15, 0.2) is 0 Å². The first-order chi connectivity index (χ1) is 9.81. The van der Waals surface area contributed by atoms with Gasteiger partial charge in [0.1, 0.15) is 0 Å². The van der Waals surface area contributed by atoms with Crippen molar-refractivity contribution in [2.75, 3.05) is 13.2 Å². The lowest BCUT2D eigenvalue weighted by atomic mass is 10.00. The quantitative estimate of drug-likeness (QED) is 0.809. The Morgan fingerprint density at radius 1 is 1.35 bits per heavy atom. The molecule has 106 valence electrons. The molecule has 2 N–H and O–H groups in total. The highest BCUT2D eigenvalue weighted by atomic mass is 16.3. The van der Waals surface area contributed by atoms with Crippen molar-refractivity contribution in [3.8, 4) is 0 Å². The zero-order valence-corrected chi connectivity index (χ0v) is 11.6. The third kappa shape index (κ3) is 2.37. The second-order valence-electron chi connectivity index (χ2n) is 5.34. The topological polar surface area (TPSA) is 54.3 Å². The van der Waals surface area contributed by atoms with E-state index in [2.05, 4.69) is 23.5 Å². The highest BCUT2D eigenvalue weighted by molar-refractivity contribution is 5.83. The monoisotopic (exact) mass is 272 g/mol. The van der Waals surface area contributed by atoms with Crippen LogP contribution in [0.15, 0.2) is 29.1 Å². The predicted octanol–water partition coefficient (Wildman–Crippen LogP) is 1.42. The molecule has 3 rings (SSSR count). The fourth-order valence-electron chi connectivity index (χ4n) is 2.98. The zero-order chi connectivity index (χ0) is 13.9. The number of benzene rings is 1. The summed E-state index contributed by atoms with van der Waals surface area (Å²) >= 11 is 0. The summed E-state index contributed by atoms with van der Waals surface area (Å²) in [6.45, 7) is 2.29. The van der Waals surface area contributed by atoms with Gasteiger partial charge in [-0.15, -0.1) is 0 Å². The summed E-state index contributed by atoms with van der Waals surface area (Å²) in [5, 5.41) is 13.1. The second-order valence-corrected chi connectivity index (χ2v) is 5.34. The molecule has 0 atom stereocenters. The number of pyridine rings is 1. The molecule has 0 amide bonds. The van der Waals surface area contributed by atoms with Gasteiger partial charge in [0.2, 0.25) is 0 Å². The Balaban J connectivity index is 1.99. The predicted molar refractivity (Wildman–Crippen MR) is 79.9 cm³/mol. The number of nitrogens with zero attached hydrogens (tertiary/aromatic N) is 1. The Labute approximate surface area is 118 Å². The van der Waals surface area contributed by atoms with Crippen molar-refractivity contribution < 1.29 is 5.11 Å². The molecule has 0 saturated carbocycles. The summed E-state index contributed by atoms with van der Waals surface area (Å²) in [7, 11) is 0. The van der Waals surface area contributed by atoms with Crippen LogP contribution < -0.4 is 10.9 Å². The van der Waals surface area contributed by atoms with Crippen molar-refractivity contribution in [2.24, 2.45) is 0 Å². The van der Waals surface area contributed by atoms with E-state index in [1.54, 1.807) is 0 Å². The van der Waals surface area contributed by atoms with E-state index in [9.17, 15) is 4.79 Å². The molecule has 2 aromatic rings. The normalized spacial score (nSPS) is 13.8. The van der Waals surface area contributed by atoms with E-state index < -0.39 is 0 Å². The van der Waals surface area contributed by atoms with Gasteiger partial charge in [-0.05, 0) is 42.8 Å². The SMILES string of the molecule is O=c1c(CNCCCO)cc2cccc3c2n1CCC3. The molecular weight excluding hydrogens is 252 g/mol. The van der Waals surface area contributed by atoms with Crippen LogP contribution in [-0.2, 0) is 19.5 Å². The van der Waals surface area contributed by atoms with Gasteiger partial charge in [-0.3, -0.25) is 4.79 Å². The van der Waals surface area contributed by atoms with Crippen LogP contribution >= 0.6 is 0 Å². The van der Waals surface area contributed by atoms with E-state index in [1.807, 2.05) is 10.6 Å². The number of rotatable bonds is 5. The molecule has 0 bridgehead atoms. The van der Waals surface area contributed by atoms with Gasteiger partial charge in [-0.1, -0.05) is 18.2 Å². The van der Waals surface area contributed by atoms with Crippen LogP contribution in [0.3, 0.4) is 0 Å². The maximum Gasteiger partial charge on any atom is 0.255 e. The number of hydrogen-bond donors (Lipinski definition) is 2. The average molecular weight is 272 g/mol. The summed E-state index contributed by atoms with van der Waals surface area (Å²) in [6.07, 6.45) is 2.81. The molecule has 4 heteroatoms. The summed E-state index contributed by atoms with van der Waals surface area (Å²) in [4.78, 5) is 12.5. The van der Waals surface area contributed by atoms with Crippen LogP contribution in [0, 0.1) is 0 Å². The van der Waals surface area contributed by atoms with Crippen LogP contribution in [0.1, 0.15) is 24.0 Å². The molecule has 1 aliphatic rings. The number of hydrogen-bond acceptors (Lipinski definition) is 3. The minimum Gasteiger partial charge on any atom is -0.396 e. The van der Waals surface area contributed by atoms with Gasteiger partial charge in [0, 0.05) is 25.3 Å². The van der Waals surface area contributed by atoms with Crippen LogP contribution in [-0.4, -0.2) is 22.8 Å². The Kier molecular flexibility index (Phi) is 3.85. The van der Waals surface area contributed by atoms with E-state index in [4.69, 9.17) is 5.11 Å². The Hall–Kier alpha value is -1.65. The van der Waals surface area contributed by atoms with Gasteiger partial charge in [0.25, 0.3) is 5.56 Å². The maximum atomic E-state index is 12.5. The number of aryl methyl sites for hydroxylation is 2. The molecule has 0 saturated heterocycles. The lowest BCUT2D eigenvalue weighted by molar-refractivity contribution is 0.286. The van der Waals surface area contributed by atoms with Crippen molar-refractivity contribution in [2.45, 2.75) is 32.4 Å².